The number of nitrogens with zero attached hydrogens (tertiary/aromatic N) is 3. The molecule has 270 valence electrons. The number of benzene rings is 9. The van der Waals surface area contributed by atoms with E-state index in [1.165, 1.54) is 5.56 Å². The minimum atomic E-state index is 0.577. The number of hydrogen-bond acceptors (Lipinski definition) is 5. The molecule has 3 aromatic heterocycles. The summed E-state index contributed by atoms with van der Waals surface area (Å²) >= 11 is 0. The Balaban J connectivity index is 1.08. The fourth-order valence-electron chi connectivity index (χ4n) is 8.52. The summed E-state index contributed by atoms with van der Waals surface area (Å²) in [5.41, 5.74) is 10.5. The standard InChI is InChI=1S/C53H31N3O2/c1-3-11-32(12-4-1)35-23-21-33-22-24-37(31-39(33)29-35)51-54-52(38-25-27-40-36(30-38)26-28-47-48(40)42-15-7-8-19-45(42)57-47)56-53(55-51)44-18-10-20-46-49(44)43-17-9-16-41(50(43)58-46)34-13-5-2-6-14-34/h1-31H. The van der Waals surface area contributed by atoms with E-state index in [0.717, 1.165) is 98.8 Å². The fraction of sp³-hybridized carbons (Fsp3) is 0. The lowest BCUT2D eigenvalue weighted by Gasteiger charge is -2.11. The molecule has 0 aliphatic carbocycles. The van der Waals surface area contributed by atoms with Crippen LogP contribution in [0.25, 0.3) is 122 Å². The lowest BCUT2D eigenvalue weighted by molar-refractivity contribution is 0.669. The molecule has 0 saturated carbocycles. The van der Waals surface area contributed by atoms with Gasteiger partial charge in [-0.1, -0.05) is 152 Å². The van der Waals surface area contributed by atoms with Crippen LogP contribution >= 0.6 is 0 Å². The van der Waals surface area contributed by atoms with E-state index in [-0.39, 0.29) is 0 Å². The molecule has 58 heavy (non-hydrogen) atoms. The summed E-state index contributed by atoms with van der Waals surface area (Å²) in [7, 11) is 0. The zero-order chi connectivity index (χ0) is 38.2. The second-order valence-electron chi connectivity index (χ2n) is 14.8. The minimum absolute atomic E-state index is 0.577. The summed E-state index contributed by atoms with van der Waals surface area (Å²) in [5.74, 6) is 1.76. The molecule has 0 N–H and O–H groups in total. The van der Waals surface area contributed by atoms with Crippen LogP contribution < -0.4 is 0 Å². The van der Waals surface area contributed by atoms with Crippen molar-refractivity contribution < 1.29 is 8.83 Å². The molecule has 0 atom stereocenters. The van der Waals surface area contributed by atoms with Crippen molar-refractivity contribution in [2.45, 2.75) is 0 Å². The number of para-hydroxylation sites is 2. The van der Waals surface area contributed by atoms with E-state index in [2.05, 4.69) is 152 Å². The second-order valence-corrected chi connectivity index (χ2v) is 14.8. The molecule has 0 radical (unpaired) electrons. The maximum absolute atomic E-state index is 6.65. The zero-order valence-electron chi connectivity index (χ0n) is 31.1. The Bertz CT molecular complexity index is 3570. The third-order valence-electron chi connectivity index (χ3n) is 11.3. The monoisotopic (exact) mass is 741 g/mol. The Morgan fingerprint density at radius 3 is 1.71 bits per heavy atom. The Morgan fingerprint density at radius 2 is 0.879 bits per heavy atom. The van der Waals surface area contributed by atoms with E-state index >= 15 is 0 Å². The average molecular weight is 742 g/mol. The predicted molar refractivity (Wildman–Crippen MR) is 237 cm³/mol. The number of fused-ring (bicyclic) bond motifs is 9. The molecule has 0 bridgehead atoms. The maximum Gasteiger partial charge on any atom is 0.164 e. The first-order valence-electron chi connectivity index (χ1n) is 19.4. The van der Waals surface area contributed by atoms with Crippen molar-refractivity contribution in [3.8, 4) is 56.4 Å². The maximum atomic E-state index is 6.65. The van der Waals surface area contributed by atoms with Gasteiger partial charge in [0, 0.05) is 43.8 Å². The SMILES string of the molecule is c1ccc(-c2ccc3ccc(-c4nc(-c5ccc6c(ccc7oc8ccccc8c76)c5)nc(-c5cccc6oc7c(-c8ccccc8)cccc7c56)n4)cc3c2)cc1. The van der Waals surface area contributed by atoms with Gasteiger partial charge in [-0.25, -0.2) is 15.0 Å². The van der Waals surface area contributed by atoms with Gasteiger partial charge < -0.3 is 8.83 Å². The Hall–Kier alpha value is -7.89. The van der Waals surface area contributed by atoms with Gasteiger partial charge in [-0.05, 0) is 74.6 Å². The van der Waals surface area contributed by atoms with Crippen molar-refractivity contribution in [2.24, 2.45) is 0 Å². The highest BCUT2D eigenvalue weighted by Crippen LogP contribution is 2.41. The molecule has 0 amide bonds. The fourth-order valence-corrected chi connectivity index (χ4v) is 8.52. The Labute approximate surface area is 332 Å². The normalized spacial score (nSPS) is 11.8. The van der Waals surface area contributed by atoms with Crippen molar-refractivity contribution in [1.82, 2.24) is 15.0 Å². The summed E-state index contributed by atoms with van der Waals surface area (Å²) in [6.07, 6.45) is 0. The van der Waals surface area contributed by atoms with Crippen molar-refractivity contribution >= 4 is 65.4 Å². The summed E-state index contributed by atoms with van der Waals surface area (Å²) in [6, 6.07) is 65.1. The average Bonchev–Trinajstić information content (AvgIpc) is 3.88. The van der Waals surface area contributed by atoms with Crippen LogP contribution in [0.2, 0.25) is 0 Å². The van der Waals surface area contributed by atoms with E-state index in [4.69, 9.17) is 23.8 Å². The molecule has 12 rings (SSSR count). The zero-order valence-corrected chi connectivity index (χ0v) is 31.1. The summed E-state index contributed by atoms with van der Waals surface area (Å²) in [6.45, 7) is 0. The molecule has 12 aromatic rings. The topological polar surface area (TPSA) is 65.0 Å². The van der Waals surface area contributed by atoms with Gasteiger partial charge in [-0.15, -0.1) is 0 Å². The van der Waals surface area contributed by atoms with Crippen LogP contribution in [0.3, 0.4) is 0 Å². The predicted octanol–water partition coefficient (Wildman–Crippen LogP) is 14.3. The first-order chi connectivity index (χ1) is 28.7. The van der Waals surface area contributed by atoms with Gasteiger partial charge in [0.05, 0.1) is 0 Å². The van der Waals surface area contributed by atoms with Gasteiger partial charge in [0.2, 0.25) is 0 Å². The molecular formula is C53H31N3O2. The van der Waals surface area contributed by atoms with Gasteiger partial charge in [-0.2, -0.15) is 0 Å². The van der Waals surface area contributed by atoms with Crippen LogP contribution in [0, 0.1) is 0 Å². The van der Waals surface area contributed by atoms with Crippen LogP contribution in [0.15, 0.2) is 197 Å². The second kappa shape index (κ2) is 12.8. The lowest BCUT2D eigenvalue weighted by Crippen LogP contribution is -2.00. The molecular weight excluding hydrogens is 711 g/mol. The summed E-state index contributed by atoms with van der Waals surface area (Å²) < 4.78 is 12.9. The van der Waals surface area contributed by atoms with Gasteiger partial charge in [0.25, 0.3) is 0 Å². The van der Waals surface area contributed by atoms with Crippen molar-refractivity contribution in [3.63, 3.8) is 0 Å². The first-order valence-corrected chi connectivity index (χ1v) is 19.4. The van der Waals surface area contributed by atoms with Crippen LogP contribution in [-0.4, -0.2) is 15.0 Å². The molecule has 5 heteroatoms. The van der Waals surface area contributed by atoms with Gasteiger partial charge in [0.1, 0.15) is 22.3 Å². The molecule has 5 nitrogen and oxygen atoms in total. The van der Waals surface area contributed by atoms with E-state index in [1.807, 2.05) is 36.4 Å². The van der Waals surface area contributed by atoms with E-state index < -0.39 is 0 Å². The quantitative estimate of drug-likeness (QED) is 0.176. The van der Waals surface area contributed by atoms with Crippen molar-refractivity contribution in [1.29, 1.82) is 0 Å². The number of furan rings is 2. The van der Waals surface area contributed by atoms with Crippen LogP contribution in [0.4, 0.5) is 0 Å². The lowest BCUT2D eigenvalue weighted by atomic mass is 9.99. The smallest absolute Gasteiger partial charge is 0.164 e. The highest BCUT2D eigenvalue weighted by molar-refractivity contribution is 6.19. The number of hydrogen-bond donors (Lipinski definition) is 0. The molecule has 0 unspecified atom stereocenters. The molecule has 0 aliphatic rings. The van der Waals surface area contributed by atoms with Gasteiger partial charge in [-0.3, -0.25) is 0 Å². The number of rotatable bonds is 5. The Morgan fingerprint density at radius 1 is 0.293 bits per heavy atom. The molecule has 3 heterocycles. The Kier molecular flexibility index (Phi) is 7.16. The van der Waals surface area contributed by atoms with E-state index in [9.17, 15) is 0 Å². The molecule has 9 aromatic carbocycles. The molecule has 0 aliphatic heterocycles. The highest BCUT2D eigenvalue weighted by Gasteiger charge is 2.20. The summed E-state index contributed by atoms with van der Waals surface area (Å²) in [4.78, 5) is 15.7. The van der Waals surface area contributed by atoms with Crippen LogP contribution in [-0.2, 0) is 0 Å². The minimum Gasteiger partial charge on any atom is -0.456 e. The van der Waals surface area contributed by atoms with E-state index in [0.29, 0.717) is 17.5 Å². The van der Waals surface area contributed by atoms with Gasteiger partial charge >= 0.3 is 0 Å². The first kappa shape index (κ1) is 32.4. The largest absolute Gasteiger partial charge is 0.456 e. The number of aromatic nitrogens is 3. The van der Waals surface area contributed by atoms with E-state index in [1.54, 1.807) is 0 Å². The third kappa shape index (κ3) is 5.21. The van der Waals surface area contributed by atoms with Crippen LogP contribution in [0.5, 0.6) is 0 Å². The molecule has 0 saturated heterocycles. The molecule has 0 spiro atoms. The van der Waals surface area contributed by atoms with Gasteiger partial charge in [0.15, 0.2) is 17.5 Å². The van der Waals surface area contributed by atoms with Crippen molar-refractivity contribution in [3.05, 3.63) is 188 Å². The van der Waals surface area contributed by atoms with Crippen LogP contribution in [0.1, 0.15) is 0 Å². The summed E-state index contributed by atoms with van der Waals surface area (Å²) in [5, 5.41) is 8.65. The van der Waals surface area contributed by atoms with Crippen molar-refractivity contribution in [2.75, 3.05) is 0 Å². The third-order valence-corrected chi connectivity index (χ3v) is 11.3. The molecule has 0 fully saturated rings. The highest BCUT2D eigenvalue weighted by atomic mass is 16.3.